The molecule has 0 aliphatic carbocycles. The van der Waals surface area contributed by atoms with Gasteiger partial charge in [-0.3, -0.25) is 4.99 Å². The van der Waals surface area contributed by atoms with Crippen LogP contribution in [-0.4, -0.2) is 5.71 Å². The van der Waals surface area contributed by atoms with Crippen molar-refractivity contribution in [2.24, 2.45) is 4.99 Å². The highest BCUT2D eigenvalue weighted by Crippen LogP contribution is 2.12. The van der Waals surface area contributed by atoms with E-state index in [0.717, 1.165) is 11.1 Å². The monoisotopic (exact) mass is 243 g/mol. The predicted molar refractivity (Wildman–Crippen MR) is 68.8 cm³/mol. The van der Waals surface area contributed by atoms with Crippen molar-refractivity contribution in [2.45, 2.75) is 0 Å². The van der Waals surface area contributed by atoms with Gasteiger partial charge < -0.3 is 0 Å². The van der Waals surface area contributed by atoms with Crippen molar-refractivity contribution in [3.63, 3.8) is 0 Å². The number of nitrogens with zero attached hydrogens (tertiary/aromatic N) is 1. The van der Waals surface area contributed by atoms with Crippen LogP contribution in [0.1, 0.15) is 11.1 Å². The molecule has 0 spiro atoms. The number of hydrogen-bond donors (Lipinski definition) is 0. The van der Waals surface area contributed by atoms with Gasteiger partial charge in [-0.2, -0.15) is 8.78 Å². The van der Waals surface area contributed by atoms with Gasteiger partial charge in [0.05, 0.1) is 11.9 Å². The van der Waals surface area contributed by atoms with Gasteiger partial charge in [0.2, 0.25) is 0 Å². The molecule has 0 saturated carbocycles. The molecule has 0 N–H and O–H groups in total. The molecule has 1 nitrogen and oxygen atoms in total. The van der Waals surface area contributed by atoms with E-state index in [1.54, 1.807) is 0 Å². The number of rotatable bonds is 3. The third-order valence-corrected chi connectivity index (χ3v) is 2.39. The lowest BCUT2D eigenvalue weighted by molar-refractivity contribution is 0.419. The third kappa shape index (κ3) is 3.10. The van der Waals surface area contributed by atoms with E-state index < -0.39 is 6.08 Å². The summed E-state index contributed by atoms with van der Waals surface area (Å²) in [5, 5.41) is 0. The predicted octanol–water partition coefficient (Wildman–Crippen LogP) is 4.26. The standard InChI is InChI=1S/C15H11F2N/c16-14(17)11-18-15(12-7-3-1-4-8-12)13-9-5-2-6-10-13/h1-11H. The molecule has 0 aliphatic rings. The highest BCUT2D eigenvalue weighted by molar-refractivity contribution is 6.13. The van der Waals surface area contributed by atoms with Crippen molar-refractivity contribution in [1.82, 2.24) is 0 Å². The van der Waals surface area contributed by atoms with Crippen molar-refractivity contribution in [3.05, 3.63) is 84.1 Å². The van der Waals surface area contributed by atoms with Crippen LogP contribution in [0, 0.1) is 0 Å². The van der Waals surface area contributed by atoms with E-state index in [1.807, 2.05) is 60.7 Å². The minimum absolute atomic E-state index is 0.531. The van der Waals surface area contributed by atoms with Gasteiger partial charge in [0.1, 0.15) is 0 Å². The SMILES string of the molecule is FC(F)=CN=C(c1ccccc1)c1ccccc1. The summed E-state index contributed by atoms with van der Waals surface area (Å²) in [5.74, 6) is 0. The molecule has 18 heavy (non-hydrogen) atoms. The average molecular weight is 243 g/mol. The zero-order valence-electron chi connectivity index (χ0n) is 9.55. The fourth-order valence-electron chi connectivity index (χ4n) is 1.62. The molecule has 0 aliphatic heterocycles. The van der Waals surface area contributed by atoms with Crippen LogP contribution in [0.15, 0.2) is 77.9 Å². The summed E-state index contributed by atoms with van der Waals surface area (Å²) in [7, 11) is 0. The fraction of sp³-hybridized carbons (Fsp3) is 0. The van der Waals surface area contributed by atoms with E-state index in [4.69, 9.17) is 0 Å². The minimum Gasteiger partial charge on any atom is -0.250 e. The molecule has 0 saturated heterocycles. The lowest BCUT2D eigenvalue weighted by Gasteiger charge is -2.05. The lowest BCUT2D eigenvalue weighted by atomic mass is 10.0. The molecular formula is C15H11F2N. The van der Waals surface area contributed by atoms with Crippen LogP contribution >= 0.6 is 0 Å². The molecule has 0 unspecified atom stereocenters. The molecule has 0 atom stereocenters. The second-order valence-corrected chi connectivity index (χ2v) is 3.63. The summed E-state index contributed by atoms with van der Waals surface area (Å²) in [6.45, 7) is 0. The molecule has 2 aromatic rings. The topological polar surface area (TPSA) is 12.4 Å². The van der Waals surface area contributed by atoms with E-state index >= 15 is 0 Å². The summed E-state index contributed by atoms with van der Waals surface area (Å²) in [4.78, 5) is 3.87. The molecule has 90 valence electrons. The first kappa shape index (κ1) is 12.2. The Morgan fingerprint density at radius 2 is 1.22 bits per heavy atom. The van der Waals surface area contributed by atoms with Crippen molar-refractivity contribution in [1.29, 1.82) is 0 Å². The molecule has 0 amide bonds. The van der Waals surface area contributed by atoms with Crippen molar-refractivity contribution in [2.75, 3.05) is 0 Å². The smallest absolute Gasteiger partial charge is 0.250 e. The van der Waals surface area contributed by atoms with E-state index in [0.29, 0.717) is 11.9 Å². The molecule has 3 heteroatoms. The maximum atomic E-state index is 12.2. The molecule has 0 fully saturated rings. The normalized spacial score (nSPS) is 9.67. The summed E-state index contributed by atoms with van der Waals surface area (Å²) in [6.07, 6.45) is -1.23. The van der Waals surface area contributed by atoms with Crippen molar-refractivity contribution < 1.29 is 8.78 Å². The Morgan fingerprint density at radius 1 is 0.778 bits per heavy atom. The second kappa shape index (κ2) is 5.87. The largest absolute Gasteiger partial charge is 0.288 e. The average Bonchev–Trinajstić information content (AvgIpc) is 2.41. The van der Waals surface area contributed by atoms with E-state index in [2.05, 4.69) is 4.99 Å². The highest BCUT2D eigenvalue weighted by atomic mass is 19.3. The minimum atomic E-state index is -1.81. The van der Waals surface area contributed by atoms with Crippen LogP contribution in [0.3, 0.4) is 0 Å². The molecule has 0 aromatic heterocycles. The first-order chi connectivity index (χ1) is 8.77. The van der Waals surface area contributed by atoms with Crippen molar-refractivity contribution in [3.8, 4) is 0 Å². The van der Waals surface area contributed by atoms with E-state index in [1.165, 1.54) is 0 Å². The Kier molecular flexibility index (Phi) is 3.97. The van der Waals surface area contributed by atoms with Crippen LogP contribution in [-0.2, 0) is 0 Å². The Bertz CT molecular complexity index is 514. The van der Waals surface area contributed by atoms with Gasteiger partial charge in [-0.05, 0) is 0 Å². The van der Waals surface area contributed by atoms with Crippen LogP contribution < -0.4 is 0 Å². The second-order valence-electron chi connectivity index (χ2n) is 3.63. The number of aliphatic imine (C=N–C) groups is 1. The number of benzene rings is 2. The Labute approximate surface area is 104 Å². The maximum Gasteiger partial charge on any atom is 0.288 e. The summed E-state index contributed by atoms with van der Waals surface area (Å²) >= 11 is 0. The zero-order valence-corrected chi connectivity index (χ0v) is 9.55. The van der Waals surface area contributed by atoms with Gasteiger partial charge in [-0.1, -0.05) is 60.7 Å². The fourth-order valence-corrected chi connectivity index (χ4v) is 1.62. The van der Waals surface area contributed by atoms with Gasteiger partial charge in [0.15, 0.2) is 0 Å². The van der Waals surface area contributed by atoms with Gasteiger partial charge in [-0.15, -0.1) is 0 Å². The van der Waals surface area contributed by atoms with E-state index in [-0.39, 0.29) is 0 Å². The zero-order chi connectivity index (χ0) is 12.8. The molecule has 2 aromatic carbocycles. The first-order valence-electron chi connectivity index (χ1n) is 5.47. The van der Waals surface area contributed by atoms with Crippen molar-refractivity contribution >= 4 is 5.71 Å². The van der Waals surface area contributed by atoms with Gasteiger partial charge in [-0.25, -0.2) is 0 Å². The summed E-state index contributed by atoms with van der Waals surface area (Å²) in [6, 6.07) is 18.5. The summed E-state index contributed by atoms with van der Waals surface area (Å²) in [5.41, 5.74) is 2.14. The summed E-state index contributed by atoms with van der Waals surface area (Å²) < 4.78 is 24.4. The molecule has 0 bridgehead atoms. The molecule has 0 radical (unpaired) electrons. The van der Waals surface area contributed by atoms with E-state index in [9.17, 15) is 8.78 Å². The van der Waals surface area contributed by atoms with Crippen LogP contribution in [0.2, 0.25) is 0 Å². The quantitative estimate of drug-likeness (QED) is 0.714. The molecular weight excluding hydrogens is 232 g/mol. The number of halogens is 2. The third-order valence-electron chi connectivity index (χ3n) is 2.39. The number of hydrogen-bond acceptors (Lipinski definition) is 1. The molecule has 2 rings (SSSR count). The maximum absolute atomic E-state index is 12.2. The Balaban J connectivity index is 2.49. The van der Waals surface area contributed by atoms with Gasteiger partial charge in [0, 0.05) is 11.1 Å². The Morgan fingerprint density at radius 3 is 1.61 bits per heavy atom. The first-order valence-corrected chi connectivity index (χ1v) is 5.47. The van der Waals surface area contributed by atoms with Gasteiger partial charge >= 0.3 is 0 Å². The Hall–Kier alpha value is -2.29. The van der Waals surface area contributed by atoms with Gasteiger partial charge in [0.25, 0.3) is 6.08 Å². The van der Waals surface area contributed by atoms with Crippen LogP contribution in [0.4, 0.5) is 8.78 Å². The van der Waals surface area contributed by atoms with Crippen LogP contribution in [0.5, 0.6) is 0 Å². The highest BCUT2D eigenvalue weighted by Gasteiger charge is 2.05. The molecule has 0 heterocycles. The van der Waals surface area contributed by atoms with Crippen LogP contribution in [0.25, 0.3) is 0 Å². The lowest BCUT2D eigenvalue weighted by Crippen LogP contribution is -2.02.